The van der Waals surface area contributed by atoms with Crippen LogP contribution in [0.3, 0.4) is 0 Å². The fourth-order valence-corrected chi connectivity index (χ4v) is 3.74. The quantitative estimate of drug-likeness (QED) is 0.802. The van der Waals surface area contributed by atoms with Gasteiger partial charge in [-0.15, -0.1) is 0 Å². The first kappa shape index (κ1) is 12.6. The Hall–Kier alpha value is -1.44. The molecule has 0 saturated heterocycles. The minimum Gasteiger partial charge on any atom is -0.507 e. The number of aromatic hydroxyl groups is 1. The van der Waals surface area contributed by atoms with Crippen LogP contribution < -0.4 is 5.32 Å². The number of rotatable bonds is 3. The number of hydrogen-bond acceptors (Lipinski definition) is 2. The number of aryl methyl sites for hydroxylation is 1. The van der Waals surface area contributed by atoms with Crippen molar-refractivity contribution in [3.63, 3.8) is 0 Å². The van der Waals surface area contributed by atoms with E-state index in [9.17, 15) is 5.11 Å². The largest absolute Gasteiger partial charge is 0.507 e. The highest BCUT2D eigenvalue weighted by Crippen LogP contribution is 2.45. The highest BCUT2D eigenvalue weighted by Gasteiger charge is 2.38. The standard InChI is InChI=1S/C17H23NO/c1-10-4-7-16(11(2)17(10)19)18-12(3)15-9-13-5-6-14(15)8-13/h4-7,12-15,18-19H,8-9H2,1-3H3. The van der Waals surface area contributed by atoms with Crippen molar-refractivity contribution in [1.82, 2.24) is 0 Å². The Labute approximate surface area is 115 Å². The number of fused-ring (bicyclic) bond motifs is 2. The number of nitrogens with one attached hydrogen (secondary N) is 1. The van der Waals surface area contributed by atoms with Crippen LogP contribution in [0.5, 0.6) is 5.75 Å². The van der Waals surface area contributed by atoms with E-state index in [0.717, 1.165) is 34.6 Å². The summed E-state index contributed by atoms with van der Waals surface area (Å²) in [6.07, 6.45) is 7.44. The van der Waals surface area contributed by atoms with Gasteiger partial charge in [0, 0.05) is 17.3 Å². The molecule has 0 spiro atoms. The van der Waals surface area contributed by atoms with Crippen molar-refractivity contribution in [3.05, 3.63) is 35.4 Å². The molecule has 2 bridgehead atoms. The number of phenols is 1. The molecule has 0 aromatic heterocycles. The number of benzene rings is 1. The third-order valence-corrected chi connectivity index (χ3v) is 4.99. The molecule has 4 atom stereocenters. The normalized spacial score (nSPS) is 29.7. The summed E-state index contributed by atoms with van der Waals surface area (Å²) in [5.74, 6) is 2.72. The molecule has 2 aliphatic carbocycles. The Balaban J connectivity index is 1.75. The molecule has 2 heteroatoms. The number of allylic oxidation sites excluding steroid dienone is 2. The molecule has 0 aliphatic heterocycles. The maximum absolute atomic E-state index is 10.0. The average Bonchev–Trinajstić information content (AvgIpc) is 3.02. The summed E-state index contributed by atoms with van der Waals surface area (Å²) in [7, 11) is 0. The van der Waals surface area contributed by atoms with Crippen LogP contribution in [-0.2, 0) is 0 Å². The maximum Gasteiger partial charge on any atom is 0.123 e. The molecule has 2 N–H and O–H groups in total. The molecule has 2 aliphatic rings. The van der Waals surface area contributed by atoms with Gasteiger partial charge in [-0.1, -0.05) is 18.2 Å². The predicted molar refractivity (Wildman–Crippen MR) is 79.5 cm³/mol. The van der Waals surface area contributed by atoms with E-state index in [1.54, 1.807) is 0 Å². The molecule has 0 heterocycles. The number of hydrogen-bond donors (Lipinski definition) is 2. The first-order chi connectivity index (χ1) is 9.06. The van der Waals surface area contributed by atoms with E-state index in [1.807, 2.05) is 19.9 Å². The third kappa shape index (κ3) is 2.13. The van der Waals surface area contributed by atoms with E-state index in [4.69, 9.17) is 0 Å². The Morgan fingerprint density at radius 2 is 2.00 bits per heavy atom. The Bertz CT molecular complexity index is 520. The van der Waals surface area contributed by atoms with Crippen molar-refractivity contribution in [2.45, 2.75) is 39.7 Å². The zero-order chi connectivity index (χ0) is 13.6. The third-order valence-electron chi connectivity index (χ3n) is 4.99. The van der Waals surface area contributed by atoms with Crippen LogP contribution in [0.25, 0.3) is 0 Å². The van der Waals surface area contributed by atoms with Gasteiger partial charge in [0.1, 0.15) is 5.75 Å². The van der Waals surface area contributed by atoms with E-state index in [1.165, 1.54) is 12.8 Å². The Morgan fingerprint density at radius 1 is 1.21 bits per heavy atom. The van der Waals surface area contributed by atoms with Gasteiger partial charge in [0.25, 0.3) is 0 Å². The molecule has 2 nitrogen and oxygen atoms in total. The first-order valence-corrected chi connectivity index (χ1v) is 7.30. The monoisotopic (exact) mass is 257 g/mol. The second-order valence-electron chi connectivity index (χ2n) is 6.28. The van der Waals surface area contributed by atoms with Gasteiger partial charge < -0.3 is 10.4 Å². The SMILES string of the molecule is Cc1ccc(NC(C)C2CC3C=CC2C3)c(C)c1O. The van der Waals surface area contributed by atoms with E-state index in [-0.39, 0.29) is 0 Å². The molecule has 4 unspecified atom stereocenters. The van der Waals surface area contributed by atoms with Crippen LogP contribution in [0.4, 0.5) is 5.69 Å². The summed E-state index contributed by atoms with van der Waals surface area (Å²) < 4.78 is 0. The minimum atomic E-state index is 0.421. The molecule has 102 valence electrons. The highest BCUT2D eigenvalue weighted by molar-refractivity contribution is 5.59. The van der Waals surface area contributed by atoms with Crippen molar-refractivity contribution in [1.29, 1.82) is 0 Å². The summed E-state index contributed by atoms with van der Waals surface area (Å²) in [5.41, 5.74) is 2.98. The number of anilines is 1. The molecular weight excluding hydrogens is 234 g/mol. The van der Waals surface area contributed by atoms with Gasteiger partial charge in [0.05, 0.1) is 0 Å². The van der Waals surface area contributed by atoms with Crippen LogP contribution in [0.15, 0.2) is 24.3 Å². The second kappa shape index (κ2) is 4.59. The van der Waals surface area contributed by atoms with Crippen LogP contribution in [-0.4, -0.2) is 11.1 Å². The first-order valence-electron chi connectivity index (χ1n) is 7.30. The Kier molecular flexibility index (Phi) is 3.04. The van der Waals surface area contributed by atoms with Crippen LogP contribution in [0.1, 0.15) is 30.9 Å². The van der Waals surface area contributed by atoms with Crippen molar-refractivity contribution in [2.24, 2.45) is 17.8 Å². The van der Waals surface area contributed by atoms with Crippen molar-refractivity contribution < 1.29 is 5.11 Å². The fraction of sp³-hybridized carbons (Fsp3) is 0.529. The lowest BCUT2D eigenvalue weighted by atomic mass is 9.87. The minimum absolute atomic E-state index is 0.421. The lowest BCUT2D eigenvalue weighted by molar-refractivity contribution is 0.399. The van der Waals surface area contributed by atoms with Crippen LogP contribution in [0.2, 0.25) is 0 Å². The maximum atomic E-state index is 10.0. The molecule has 3 rings (SSSR count). The van der Waals surface area contributed by atoms with E-state index in [0.29, 0.717) is 11.8 Å². The van der Waals surface area contributed by atoms with Gasteiger partial charge in [-0.3, -0.25) is 0 Å². The number of phenolic OH excluding ortho intramolecular Hbond substituents is 1. The molecule has 19 heavy (non-hydrogen) atoms. The molecule has 1 fully saturated rings. The van der Waals surface area contributed by atoms with Gasteiger partial charge in [-0.2, -0.15) is 0 Å². The van der Waals surface area contributed by atoms with Crippen molar-refractivity contribution >= 4 is 5.69 Å². The Morgan fingerprint density at radius 3 is 2.63 bits per heavy atom. The lowest BCUT2D eigenvalue weighted by Crippen LogP contribution is -2.29. The summed E-state index contributed by atoms with van der Waals surface area (Å²) in [6, 6.07) is 4.53. The molecule has 0 radical (unpaired) electrons. The van der Waals surface area contributed by atoms with E-state index < -0.39 is 0 Å². The van der Waals surface area contributed by atoms with Crippen LogP contribution >= 0.6 is 0 Å². The average molecular weight is 257 g/mol. The molecule has 1 aromatic rings. The van der Waals surface area contributed by atoms with Crippen molar-refractivity contribution in [2.75, 3.05) is 5.32 Å². The molecule has 0 amide bonds. The van der Waals surface area contributed by atoms with Gasteiger partial charge in [0.2, 0.25) is 0 Å². The van der Waals surface area contributed by atoms with Gasteiger partial charge in [0.15, 0.2) is 0 Å². The molecule has 1 aromatic carbocycles. The van der Waals surface area contributed by atoms with Gasteiger partial charge in [-0.25, -0.2) is 0 Å². The fourth-order valence-electron chi connectivity index (χ4n) is 3.74. The second-order valence-corrected chi connectivity index (χ2v) is 6.28. The summed E-state index contributed by atoms with van der Waals surface area (Å²) in [6.45, 7) is 6.20. The molecule has 1 saturated carbocycles. The smallest absolute Gasteiger partial charge is 0.123 e. The van der Waals surface area contributed by atoms with E-state index >= 15 is 0 Å². The van der Waals surface area contributed by atoms with Crippen molar-refractivity contribution in [3.8, 4) is 5.75 Å². The van der Waals surface area contributed by atoms with Crippen LogP contribution in [0, 0.1) is 31.6 Å². The van der Waals surface area contributed by atoms with E-state index in [2.05, 4.69) is 30.5 Å². The zero-order valence-corrected chi connectivity index (χ0v) is 12.0. The predicted octanol–water partition coefficient (Wildman–Crippen LogP) is 4.02. The lowest BCUT2D eigenvalue weighted by Gasteiger charge is -2.28. The summed E-state index contributed by atoms with van der Waals surface area (Å²) >= 11 is 0. The highest BCUT2D eigenvalue weighted by atomic mass is 16.3. The topological polar surface area (TPSA) is 32.3 Å². The zero-order valence-electron chi connectivity index (χ0n) is 12.0. The van der Waals surface area contributed by atoms with Gasteiger partial charge >= 0.3 is 0 Å². The van der Waals surface area contributed by atoms with Gasteiger partial charge in [-0.05, 0) is 63.0 Å². The summed E-state index contributed by atoms with van der Waals surface area (Å²) in [4.78, 5) is 0. The summed E-state index contributed by atoms with van der Waals surface area (Å²) in [5, 5.41) is 13.6. The molecular formula is C17H23NO.